The maximum Gasteiger partial charge on any atom is 0.266 e. The minimum atomic E-state index is -0.0563. The second-order valence-electron chi connectivity index (χ2n) is 6.53. The summed E-state index contributed by atoms with van der Waals surface area (Å²) in [5.74, 6) is 0.759. The van der Waals surface area contributed by atoms with Gasteiger partial charge in [0.05, 0.1) is 29.8 Å². The maximum atomic E-state index is 12.9. The second kappa shape index (κ2) is 9.57. The predicted molar refractivity (Wildman–Crippen MR) is 115 cm³/mol. The van der Waals surface area contributed by atoms with Gasteiger partial charge in [0.1, 0.15) is 5.75 Å². The zero-order valence-corrected chi connectivity index (χ0v) is 17.1. The fourth-order valence-electron chi connectivity index (χ4n) is 2.65. The van der Waals surface area contributed by atoms with Crippen molar-refractivity contribution in [2.75, 3.05) is 20.3 Å². The summed E-state index contributed by atoms with van der Waals surface area (Å²) in [6.07, 6.45) is 2.02. The molecule has 1 aliphatic rings. The lowest BCUT2D eigenvalue weighted by Gasteiger charge is -2.14. The third-order valence-corrected chi connectivity index (χ3v) is 4.94. The van der Waals surface area contributed by atoms with Crippen molar-refractivity contribution in [2.24, 2.45) is 4.99 Å². The molecule has 0 radical (unpaired) electrons. The molecule has 0 aliphatic carbocycles. The van der Waals surface area contributed by atoms with E-state index in [1.54, 1.807) is 12.0 Å². The maximum absolute atomic E-state index is 12.9. The molecule has 146 valence electrons. The molecule has 0 aromatic heterocycles. The van der Waals surface area contributed by atoms with Crippen molar-refractivity contribution in [3.8, 4) is 5.75 Å². The molecule has 0 bridgehead atoms. The number of rotatable bonds is 7. The number of amides is 1. The van der Waals surface area contributed by atoms with Crippen molar-refractivity contribution in [1.29, 1.82) is 0 Å². The van der Waals surface area contributed by atoms with Crippen molar-refractivity contribution in [3.63, 3.8) is 0 Å². The van der Waals surface area contributed by atoms with Crippen LogP contribution in [0.4, 0.5) is 5.69 Å². The van der Waals surface area contributed by atoms with Crippen LogP contribution < -0.4 is 4.74 Å². The van der Waals surface area contributed by atoms with E-state index in [0.29, 0.717) is 23.2 Å². The highest BCUT2D eigenvalue weighted by molar-refractivity contribution is 8.18. The summed E-state index contributed by atoms with van der Waals surface area (Å²) in [6.45, 7) is 4.90. The van der Waals surface area contributed by atoms with E-state index in [-0.39, 0.29) is 12.0 Å². The predicted octanol–water partition coefficient (Wildman–Crippen LogP) is 4.72. The molecule has 1 amide bonds. The first-order valence-electron chi connectivity index (χ1n) is 9.17. The average Bonchev–Trinajstić information content (AvgIpc) is 2.96. The van der Waals surface area contributed by atoms with Crippen LogP contribution in [-0.2, 0) is 9.53 Å². The SMILES string of the molecule is COCCN1C(=O)C(=Cc2ccc(OC(C)C)cc2)SC1=Nc1ccccc1. The van der Waals surface area contributed by atoms with Crippen LogP contribution in [0.2, 0.25) is 0 Å². The highest BCUT2D eigenvalue weighted by Crippen LogP contribution is 2.34. The number of carbonyl (C=O) groups is 1. The number of benzene rings is 2. The topological polar surface area (TPSA) is 51.1 Å². The Labute approximate surface area is 170 Å². The molecule has 0 unspecified atom stereocenters. The number of carbonyl (C=O) groups excluding carboxylic acids is 1. The first-order chi connectivity index (χ1) is 13.6. The molecule has 0 saturated carbocycles. The van der Waals surface area contributed by atoms with Crippen LogP contribution in [0, 0.1) is 0 Å². The van der Waals surface area contributed by atoms with E-state index in [2.05, 4.69) is 4.99 Å². The summed E-state index contributed by atoms with van der Waals surface area (Å²) in [7, 11) is 1.62. The van der Waals surface area contributed by atoms with Crippen molar-refractivity contribution < 1.29 is 14.3 Å². The fourth-order valence-corrected chi connectivity index (χ4v) is 3.67. The standard InChI is InChI=1S/C22H24N2O3S/c1-16(2)27-19-11-9-17(10-12-19)15-20-21(25)24(13-14-26-3)22(28-20)23-18-7-5-4-6-8-18/h4-12,15-16H,13-14H2,1-3H3. The third-order valence-electron chi connectivity index (χ3n) is 3.94. The zero-order valence-electron chi connectivity index (χ0n) is 16.3. The fraction of sp³-hybridized carbons (Fsp3) is 0.273. The molecule has 6 heteroatoms. The highest BCUT2D eigenvalue weighted by Gasteiger charge is 2.33. The molecule has 1 fully saturated rings. The number of aliphatic imine (C=N–C) groups is 1. The Kier molecular flexibility index (Phi) is 6.90. The van der Waals surface area contributed by atoms with E-state index in [9.17, 15) is 4.79 Å². The summed E-state index contributed by atoms with van der Waals surface area (Å²) in [4.78, 5) is 19.9. The van der Waals surface area contributed by atoms with Crippen LogP contribution in [0.1, 0.15) is 19.4 Å². The number of nitrogens with zero attached hydrogens (tertiary/aromatic N) is 2. The number of para-hydroxylation sites is 1. The normalized spacial score (nSPS) is 17.1. The van der Waals surface area contributed by atoms with Crippen molar-refractivity contribution in [1.82, 2.24) is 4.90 Å². The Bertz CT molecular complexity index is 861. The molecule has 3 rings (SSSR count). The second-order valence-corrected chi connectivity index (χ2v) is 7.53. The summed E-state index contributed by atoms with van der Waals surface area (Å²) >= 11 is 1.38. The van der Waals surface area contributed by atoms with Gasteiger partial charge in [0.15, 0.2) is 5.17 Å². The van der Waals surface area contributed by atoms with Gasteiger partial charge in [0.25, 0.3) is 5.91 Å². The molecule has 28 heavy (non-hydrogen) atoms. The monoisotopic (exact) mass is 396 g/mol. The van der Waals surface area contributed by atoms with Crippen LogP contribution in [0.3, 0.4) is 0 Å². The summed E-state index contributed by atoms with van der Waals surface area (Å²) in [5, 5.41) is 0.666. The molecule has 2 aromatic carbocycles. The van der Waals surface area contributed by atoms with Gasteiger partial charge in [-0.05, 0) is 61.5 Å². The van der Waals surface area contributed by atoms with Crippen LogP contribution in [0.5, 0.6) is 5.75 Å². The quantitative estimate of drug-likeness (QED) is 0.635. The highest BCUT2D eigenvalue weighted by atomic mass is 32.2. The lowest BCUT2D eigenvalue weighted by Crippen LogP contribution is -2.32. The molecule has 0 N–H and O–H groups in total. The minimum absolute atomic E-state index is 0.0563. The number of thioether (sulfide) groups is 1. The van der Waals surface area contributed by atoms with Crippen LogP contribution in [0.25, 0.3) is 6.08 Å². The van der Waals surface area contributed by atoms with Gasteiger partial charge in [-0.15, -0.1) is 0 Å². The number of methoxy groups -OCH3 is 1. The Balaban J connectivity index is 1.84. The molecule has 0 atom stereocenters. The van der Waals surface area contributed by atoms with Crippen molar-refractivity contribution in [3.05, 3.63) is 65.1 Å². The van der Waals surface area contributed by atoms with Crippen LogP contribution in [0.15, 0.2) is 64.5 Å². The van der Waals surface area contributed by atoms with E-state index < -0.39 is 0 Å². The zero-order chi connectivity index (χ0) is 19.9. The summed E-state index contributed by atoms with van der Waals surface area (Å²) < 4.78 is 10.8. The molecule has 0 spiro atoms. The van der Waals surface area contributed by atoms with E-state index in [1.165, 1.54) is 11.8 Å². The Morgan fingerprint density at radius 3 is 2.46 bits per heavy atom. The molecule has 1 saturated heterocycles. The number of hydrogen-bond acceptors (Lipinski definition) is 5. The molecule has 1 heterocycles. The van der Waals surface area contributed by atoms with Gasteiger partial charge in [0, 0.05) is 7.11 Å². The molecular weight excluding hydrogens is 372 g/mol. The Morgan fingerprint density at radius 1 is 1.11 bits per heavy atom. The van der Waals surface area contributed by atoms with Crippen molar-refractivity contribution in [2.45, 2.75) is 20.0 Å². The molecule has 2 aromatic rings. The smallest absolute Gasteiger partial charge is 0.266 e. The first kappa shape index (κ1) is 20.2. The molecule has 1 aliphatic heterocycles. The Hall–Kier alpha value is -2.57. The van der Waals surface area contributed by atoms with E-state index in [0.717, 1.165) is 17.0 Å². The molecule has 5 nitrogen and oxygen atoms in total. The van der Waals surface area contributed by atoms with Gasteiger partial charge in [-0.25, -0.2) is 4.99 Å². The number of amidine groups is 1. The largest absolute Gasteiger partial charge is 0.491 e. The first-order valence-corrected chi connectivity index (χ1v) is 9.99. The average molecular weight is 397 g/mol. The molecular formula is C22H24N2O3S. The third kappa shape index (κ3) is 5.24. The van der Waals surface area contributed by atoms with Gasteiger partial charge in [-0.1, -0.05) is 30.3 Å². The lowest BCUT2D eigenvalue weighted by atomic mass is 10.2. The van der Waals surface area contributed by atoms with Gasteiger partial charge < -0.3 is 9.47 Å². The van der Waals surface area contributed by atoms with Gasteiger partial charge in [-0.2, -0.15) is 0 Å². The van der Waals surface area contributed by atoms with Crippen LogP contribution >= 0.6 is 11.8 Å². The lowest BCUT2D eigenvalue weighted by molar-refractivity contribution is -0.122. The van der Waals surface area contributed by atoms with Gasteiger partial charge >= 0.3 is 0 Å². The summed E-state index contributed by atoms with van der Waals surface area (Å²) in [6, 6.07) is 17.4. The Morgan fingerprint density at radius 2 is 1.82 bits per heavy atom. The van der Waals surface area contributed by atoms with Gasteiger partial charge in [0.2, 0.25) is 0 Å². The number of hydrogen-bond donors (Lipinski definition) is 0. The van der Waals surface area contributed by atoms with E-state index in [1.807, 2.05) is 74.5 Å². The minimum Gasteiger partial charge on any atom is -0.491 e. The van der Waals surface area contributed by atoms with E-state index in [4.69, 9.17) is 9.47 Å². The number of ether oxygens (including phenoxy) is 2. The van der Waals surface area contributed by atoms with E-state index >= 15 is 0 Å². The summed E-state index contributed by atoms with van der Waals surface area (Å²) in [5.41, 5.74) is 1.76. The van der Waals surface area contributed by atoms with Crippen molar-refractivity contribution >= 4 is 34.6 Å². The van der Waals surface area contributed by atoms with Crippen LogP contribution in [-0.4, -0.2) is 42.3 Å². The van der Waals surface area contributed by atoms with Gasteiger partial charge in [-0.3, -0.25) is 9.69 Å².